The number of amides is 1. The van der Waals surface area contributed by atoms with E-state index in [4.69, 9.17) is 4.74 Å². The van der Waals surface area contributed by atoms with E-state index in [0.29, 0.717) is 17.9 Å². The number of halogens is 1. The fourth-order valence-electron chi connectivity index (χ4n) is 2.52. The second-order valence-corrected chi connectivity index (χ2v) is 9.07. The summed E-state index contributed by atoms with van der Waals surface area (Å²) >= 11 is 3.40. The molecule has 160 valence electrons. The van der Waals surface area contributed by atoms with Crippen molar-refractivity contribution in [2.75, 3.05) is 6.54 Å². The van der Waals surface area contributed by atoms with Crippen LogP contribution in [0.5, 0.6) is 5.75 Å². The molecule has 0 fully saturated rings. The fourth-order valence-corrected chi connectivity index (χ4v) is 3.78. The van der Waals surface area contributed by atoms with Gasteiger partial charge in [0.25, 0.3) is 5.91 Å². The second-order valence-electron chi connectivity index (χ2n) is 6.38. The quantitative estimate of drug-likeness (QED) is 0.346. The number of carbonyl (C=O) groups excluding carboxylic acids is 1. The largest absolute Gasteiger partial charge is 0.488 e. The zero-order valence-corrected chi connectivity index (χ0v) is 18.8. The van der Waals surface area contributed by atoms with Crippen LogP contribution in [0.3, 0.4) is 0 Å². The molecule has 3 aromatic carbocycles. The maximum Gasteiger partial charge on any atom is 0.255 e. The van der Waals surface area contributed by atoms with Gasteiger partial charge in [-0.25, -0.2) is 18.6 Å². The first-order valence-electron chi connectivity index (χ1n) is 9.27. The molecule has 3 rings (SSSR count). The Morgan fingerprint density at radius 3 is 2.39 bits per heavy atom. The summed E-state index contributed by atoms with van der Waals surface area (Å²) in [4.78, 5) is 12.0. The number of nitrogens with one attached hydrogen (secondary N) is 2. The molecule has 0 heterocycles. The number of hydrazone groups is 1. The van der Waals surface area contributed by atoms with Gasteiger partial charge in [0, 0.05) is 10.0 Å². The molecule has 3 aromatic rings. The van der Waals surface area contributed by atoms with Crippen LogP contribution in [-0.2, 0) is 21.4 Å². The number of para-hydroxylation sites is 1. The molecule has 1 amide bonds. The van der Waals surface area contributed by atoms with Gasteiger partial charge in [0.15, 0.2) is 0 Å². The highest BCUT2D eigenvalue weighted by Crippen LogP contribution is 2.18. The molecule has 7 nitrogen and oxygen atoms in total. The predicted octanol–water partition coefficient (Wildman–Crippen LogP) is 3.46. The van der Waals surface area contributed by atoms with Crippen LogP contribution >= 0.6 is 15.9 Å². The van der Waals surface area contributed by atoms with E-state index in [9.17, 15) is 13.2 Å². The first-order valence-corrected chi connectivity index (χ1v) is 11.5. The number of nitrogens with zero attached hydrogens (tertiary/aromatic N) is 1. The van der Waals surface area contributed by atoms with Gasteiger partial charge in [-0.05, 0) is 42.0 Å². The summed E-state index contributed by atoms with van der Waals surface area (Å²) in [7, 11) is -3.76. The van der Waals surface area contributed by atoms with Crippen LogP contribution in [0, 0.1) is 0 Å². The SMILES string of the molecule is O=C(CNS(=O)(=O)c1ccccc1)N/N=C/c1ccccc1OCc1ccc(Br)cc1. The lowest BCUT2D eigenvalue weighted by Gasteiger charge is -2.09. The summed E-state index contributed by atoms with van der Waals surface area (Å²) < 4.78 is 33.3. The molecule has 0 spiro atoms. The van der Waals surface area contributed by atoms with E-state index in [1.165, 1.54) is 18.3 Å². The molecule has 0 aromatic heterocycles. The molecule has 0 saturated heterocycles. The number of rotatable bonds is 9. The molecule has 0 aliphatic rings. The van der Waals surface area contributed by atoms with Crippen LogP contribution < -0.4 is 14.9 Å². The Morgan fingerprint density at radius 1 is 0.968 bits per heavy atom. The van der Waals surface area contributed by atoms with Crippen molar-refractivity contribution >= 4 is 38.1 Å². The highest BCUT2D eigenvalue weighted by atomic mass is 79.9. The summed E-state index contributed by atoms with van der Waals surface area (Å²) in [5.74, 6) is 0.0113. The van der Waals surface area contributed by atoms with Crippen molar-refractivity contribution in [1.82, 2.24) is 10.1 Å². The molecule has 0 bridgehead atoms. The molecule has 2 N–H and O–H groups in total. The average Bonchev–Trinajstić information content (AvgIpc) is 2.79. The van der Waals surface area contributed by atoms with Crippen LogP contribution in [0.4, 0.5) is 0 Å². The number of ether oxygens (including phenoxy) is 1. The Bertz CT molecular complexity index is 1150. The van der Waals surface area contributed by atoms with Gasteiger partial charge >= 0.3 is 0 Å². The van der Waals surface area contributed by atoms with E-state index in [-0.39, 0.29) is 4.90 Å². The monoisotopic (exact) mass is 501 g/mol. The van der Waals surface area contributed by atoms with Gasteiger partial charge in [0.2, 0.25) is 10.0 Å². The molecular formula is C22H20BrN3O4S. The van der Waals surface area contributed by atoms with Crippen molar-refractivity contribution in [3.63, 3.8) is 0 Å². The van der Waals surface area contributed by atoms with Crippen molar-refractivity contribution in [3.8, 4) is 5.75 Å². The van der Waals surface area contributed by atoms with Gasteiger partial charge in [0.1, 0.15) is 12.4 Å². The Labute approximate surface area is 189 Å². The first kappa shape index (κ1) is 22.7. The van der Waals surface area contributed by atoms with E-state index in [2.05, 4.69) is 31.2 Å². The van der Waals surface area contributed by atoms with Crippen LogP contribution in [0.1, 0.15) is 11.1 Å². The molecule has 0 saturated carbocycles. The summed E-state index contributed by atoms with van der Waals surface area (Å²) in [5, 5.41) is 3.90. The minimum Gasteiger partial charge on any atom is -0.488 e. The van der Waals surface area contributed by atoms with E-state index in [1.807, 2.05) is 36.4 Å². The number of hydrogen-bond acceptors (Lipinski definition) is 5. The molecular weight excluding hydrogens is 482 g/mol. The first-order chi connectivity index (χ1) is 14.9. The molecule has 0 aliphatic carbocycles. The van der Waals surface area contributed by atoms with E-state index < -0.39 is 22.5 Å². The average molecular weight is 502 g/mol. The van der Waals surface area contributed by atoms with Gasteiger partial charge in [-0.15, -0.1) is 0 Å². The van der Waals surface area contributed by atoms with Gasteiger partial charge < -0.3 is 4.74 Å². The molecule has 0 radical (unpaired) electrons. The Hall–Kier alpha value is -3.01. The number of sulfonamides is 1. The standard InChI is InChI=1S/C22H20BrN3O4S/c23-19-12-10-17(11-13-19)16-30-21-9-5-4-6-18(21)14-24-26-22(27)15-25-31(28,29)20-7-2-1-3-8-20/h1-14,25H,15-16H2,(H,26,27)/b24-14+. The summed E-state index contributed by atoms with van der Waals surface area (Å²) in [6.45, 7) is -0.0535. The normalized spacial score (nSPS) is 11.4. The predicted molar refractivity (Wildman–Crippen MR) is 122 cm³/mol. The number of benzene rings is 3. The van der Waals surface area contributed by atoms with Crippen molar-refractivity contribution < 1.29 is 17.9 Å². The molecule has 0 aliphatic heterocycles. The second kappa shape index (κ2) is 10.9. The number of hydrogen-bond donors (Lipinski definition) is 2. The van der Waals surface area contributed by atoms with Gasteiger partial charge in [-0.3, -0.25) is 4.79 Å². The highest BCUT2D eigenvalue weighted by molar-refractivity contribution is 9.10. The number of carbonyl (C=O) groups is 1. The lowest BCUT2D eigenvalue weighted by molar-refractivity contribution is -0.119. The zero-order chi connectivity index (χ0) is 22.1. The Kier molecular flexibility index (Phi) is 7.94. The van der Waals surface area contributed by atoms with Gasteiger partial charge in [-0.2, -0.15) is 5.10 Å². The van der Waals surface area contributed by atoms with Crippen LogP contribution in [0.2, 0.25) is 0 Å². The molecule has 0 atom stereocenters. The zero-order valence-electron chi connectivity index (χ0n) is 16.4. The lowest BCUT2D eigenvalue weighted by atomic mass is 10.2. The molecule has 9 heteroatoms. The third-order valence-electron chi connectivity index (χ3n) is 4.10. The third-order valence-corrected chi connectivity index (χ3v) is 6.04. The molecule has 31 heavy (non-hydrogen) atoms. The lowest BCUT2D eigenvalue weighted by Crippen LogP contribution is -2.34. The van der Waals surface area contributed by atoms with Crippen molar-refractivity contribution in [1.29, 1.82) is 0 Å². The minimum atomic E-state index is -3.76. The maximum absolute atomic E-state index is 12.1. The molecule has 0 unspecified atom stereocenters. The van der Waals surface area contributed by atoms with Crippen molar-refractivity contribution in [2.45, 2.75) is 11.5 Å². The summed E-state index contributed by atoms with van der Waals surface area (Å²) in [5.41, 5.74) is 3.98. The highest BCUT2D eigenvalue weighted by Gasteiger charge is 2.14. The Balaban J connectivity index is 1.53. The van der Waals surface area contributed by atoms with Gasteiger partial charge in [0.05, 0.1) is 17.7 Å². The fraction of sp³-hybridized carbons (Fsp3) is 0.0909. The topological polar surface area (TPSA) is 96.9 Å². The van der Waals surface area contributed by atoms with Crippen molar-refractivity contribution in [2.24, 2.45) is 5.10 Å². The van der Waals surface area contributed by atoms with Crippen LogP contribution in [0.15, 0.2) is 93.3 Å². The summed E-state index contributed by atoms with van der Waals surface area (Å²) in [6.07, 6.45) is 1.44. The van der Waals surface area contributed by atoms with E-state index >= 15 is 0 Å². The van der Waals surface area contributed by atoms with Crippen molar-refractivity contribution in [3.05, 3.63) is 94.5 Å². The summed E-state index contributed by atoms with van der Waals surface area (Å²) in [6, 6.07) is 22.9. The van der Waals surface area contributed by atoms with Crippen LogP contribution in [0.25, 0.3) is 0 Å². The van der Waals surface area contributed by atoms with Gasteiger partial charge in [-0.1, -0.05) is 58.4 Å². The maximum atomic E-state index is 12.1. The third kappa shape index (κ3) is 7.02. The van der Waals surface area contributed by atoms with Crippen LogP contribution in [-0.4, -0.2) is 27.1 Å². The minimum absolute atomic E-state index is 0.0863. The van der Waals surface area contributed by atoms with E-state index in [0.717, 1.165) is 10.0 Å². The Morgan fingerprint density at radius 2 is 1.65 bits per heavy atom. The van der Waals surface area contributed by atoms with E-state index in [1.54, 1.807) is 30.3 Å². The smallest absolute Gasteiger partial charge is 0.255 e.